The van der Waals surface area contributed by atoms with Gasteiger partial charge in [-0.05, 0) is 48.2 Å². The van der Waals surface area contributed by atoms with E-state index in [1.165, 1.54) is 62.0 Å². The van der Waals surface area contributed by atoms with Crippen molar-refractivity contribution in [1.82, 2.24) is 4.90 Å². The van der Waals surface area contributed by atoms with E-state index in [2.05, 4.69) is 18.8 Å². The fourth-order valence-electron chi connectivity index (χ4n) is 4.17. The van der Waals surface area contributed by atoms with Crippen LogP contribution < -0.4 is 0 Å². The van der Waals surface area contributed by atoms with Gasteiger partial charge in [-0.2, -0.15) is 0 Å². The van der Waals surface area contributed by atoms with Crippen LogP contribution in [0.1, 0.15) is 101 Å². The van der Waals surface area contributed by atoms with Crippen LogP contribution in [0.2, 0.25) is 0 Å². The summed E-state index contributed by atoms with van der Waals surface area (Å²) < 4.78 is 13.4. The average molecular weight is 480 g/mol. The summed E-state index contributed by atoms with van der Waals surface area (Å²) in [6, 6.07) is 12.9. The van der Waals surface area contributed by atoms with E-state index in [0.29, 0.717) is 12.0 Å². The minimum Gasteiger partial charge on any atom is -0.474 e. The molecule has 0 spiro atoms. The molecule has 0 fully saturated rings. The molecule has 1 unspecified atom stereocenters. The van der Waals surface area contributed by atoms with Gasteiger partial charge < -0.3 is 10.0 Å². The van der Waals surface area contributed by atoms with E-state index >= 15 is 0 Å². The fourth-order valence-corrected chi connectivity index (χ4v) is 4.17. The molecule has 0 saturated carbocycles. The first-order valence-electron chi connectivity index (χ1n) is 12.8. The summed E-state index contributed by atoms with van der Waals surface area (Å²) in [5.41, 5.74) is 2.41. The molecule has 0 bridgehead atoms. The first-order chi connectivity index (χ1) is 17.0. The predicted molar refractivity (Wildman–Crippen MR) is 138 cm³/mol. The number of carbonyl (C=O) groups excluding carboxylic acids is 1. The maximum Gasteiger partial charge on any atom is 0.394 e. The second kappa shape index (κ2) is 15.7. The summed E-state index contributed by atoms with van der Waals surface area (Å²) in [5, 5.41) is 9.36. The number of hydrogen-bond donors (Lipinski definition) is 1. The molecule has 2 aromatic rings. The fraction of sp³-hybridized carbons (Fsp3) is 0.467. The molecule has 1 amide bonds. The number of rotatable bonds is 13. The Bertz CT molecular complexity index is 973. The topological polar surface area (TPSA) is 57.6 Å². The first kappa shape index (κ1) is 28.1. The van der Waals surface area contributed by atoms with Crippen molar-refractivity contribution in [3.63, 3.8) is 0 Å². The monoisotopic (exact) mass is 479 g/mol. The third kappa shape index (κ3) is 9.94. The summed E-state index contributed by atoms with van der Waals surface area (Å²) in [6.07, 6.45) is 11.6. The lowest BCUT2D eigenvalue weighted by atomic mass is 10.0. The van der Waals surface area contributed by atoms with Crippen molar-refractivity contribution < 1.29 is 19.1 Å². The number of nitrogens with zero attached hydrogens (tertiary/aromatic N) is 1. The van der Waals surface area contributed by atoms with E-state index < -0.39 is 17.9 Å². The zero-order valence-corrected chi connectivity index (χ0v) is 21.1. The molecule has 1 N–H and O–H groups in total. The van der Waals surface area contributed by atoms with Gasteiger partial charge >= 0.3 is 11.9 Å². The Balaban J connectivity index is 1.94. The van der Waals surface area contributed by atoms with Crippen molar-refractivity contribution in [2.45, 2.75) is 90.6 Å². The smallest absolute Gasteiger partial charge is 0.394 e. The number of carboxylic acids is 1. The standard InChI is InChI=1S/C30H38FNO3/c1-3-5-6-7-8-9-10-11-12-13-14-24-15-17-25(18-16-24)23-32(29(33)30(34)35)28(4-2)26-19-21-27(31)22-20-26/h15-22,28H,3-12,23H2,1-2H3,(H,34,35). The third-order valence-corrected chi connectivity index (χ3v) is 6.16. The van der Waals surface area contributed by atoms with Gasteiger partial charge in [0.2, 0.25) is 0 Å². The van der Waals surface area contributed by atoms with Crippen LogP contribution in [0, 0.1) is 17.7 Å². The van der Waals surface area contributed by atoms with Crippen molar-refractivity contribution in [1.29, 1.82) is 0 Å². The summed E-state index contributed by atoms with van der Waals surface area (Å²) in [6.45, 7) is 4.26. The van der Waals surface area contributed by atoms with E-state index in [-0.39, 0.29) is 12.4 Å². The average Bonchev–Trinajstić information content (AvgIpc) is 2.86. The van der Waals surface area contributed by atoms with E-state index in [9.17, 15) is 19.1 Å². The van der Waals surface area contributed by atoms with E-state index in [1.54, 1.807) is 12.1 Å². The van der Waals surface area contributed by atoms with Crippen LogP contribution in [0.15, 0.2) is 48.5 Å². The molecule has 0 radical (unpaired) electrons. The molecule has 0 saturated heterocycles. The number of carbonyl (C=O) groups is 2. The first-order valence-corrected chi connectivity index (χ1v) is 12.8. The third-order valence-electron chi connectivity index (χ3n) is 6.16. The number of unbranched alkanes of at least 4 members (excludes halogenated alkanes) is 8. The lowest BCUT2D eigenvalue weighted by Crippen LogP contribution is -2.38. The van der Waals surface area contributed by atoms with Crippen molar-refractivity contribution in [3.05, 3.63) is 71.0 Å². The highest BCUT2D eigenvalue weighted by Crippen LogP contribution is 2.27. The van der Waals surface area contributed by atoms with Crippen LogP contribution in [-0.2, 0) is 16.1 Å². The molecular weight excluding hydrogens is 441 g/mol. The molecule has 35 heavy (non-hydrogen) atoms. The highest BCUT2D eigenvalue weighted by Gasteiger charge is 2.28. The minimum absolute atomic E-state index is 0.146. The second-order valence-electron chi connectivity index (χ2n) is 8.94. The number of aliphatic carboxylic acids is 1. The van der Waals surface area contributed by atoms with Gasteiger partial charge in [0.05, 0.1) is 6.04 Å². The minimum atomic E-state index is -1.51. The second-order valence-corrected chi connectivity index (χ2v) is 8.94. The normalized spacial score (nSPS) is 11.4. The Morgan fingerprint density at radius 1 is 0.886 bits per heavy atom. The summed E-state index contributed by atoms with van der Waals surface area (Å²) in [7, 11) is 0. The van der Waals surface area contributed by atoms with Crippen LogP contribution in [0.4, 0.5) is 4.39 Å². The molecule has 0 heterocycles. The van der Waals surface area contributed by atoms with Gasteiger partial charge in [0, 0.05) is 18.5 Å². The zero-order valence-electron chi connectivity index (χ0n) is 21.1. The van der Waals surface area contributed by atoms with E-state index in [4.69, 9.17) is 0 Å². The summed E-state index contributed by atoms with van der Waals surface area (Å²) in [4.78, 5) is 25.3. The summed E-state index contributed by atoms with van der Waals surface area (Å²) >= 11 is 0. The Hall–Kier alpha value is -3.13. The van der Waals surface area contributed by atoms with Gasteiger partial charge in [-0.15, -0.1) is 0 Å². The maximum absolute atomic E-state index is 13.4. The Morgan fingerprint density at radius 3 is 2.06 bits per heavy atom. The van der Waals surface area contributed by atoms with Gasteiger partial charge in [0.15, 0.2) is 0 Å². The molecule has 0 aliphatic rings. The lowest BCUT2D eigenvalue weighted by molar-refractivity contribution is -0.157. The Kier molecular flexibility index (Phi) is 12.6. The maximum atomic E-state index is 13.4. The number of hydrogen-bond acceptors (Lipinski definition) is 2. The molecule has 2 rings (SSSR count). The van der Waals surface area contributed by atoms with Crippen LogP contribution in [0.3, 0.4) is 0 Å². The summed E-state index contributed by atoms with van der Waals surface area (Å²) in [5.74, 6) is 3.57. The molecule has 0 aliphatic carbocycles. The molecule has 5 heteroatoms. The quantitative estimate of drug-likeness (QED) is 0.187. The molecule has 0 aromatic heterocycles. The molecular formula is C30H38FNO3. The number of amides is 1. The largest absolute Gasteiger partial charge is 0.474 e. The van der Waals surface area contributed by atoms with E-state index in [0.717, 1.165) is 24.0 Å². The Morgan fingerprint density at radius 2 is 1.49 bits per heavy atom. The molecule has 1 atom stereocenters. The van der Waals surface area contributed by atoms with Crippen LogP contribution in [0.5, 0.6) is 0 Å². The van der Waals surface area contributed by atoms with Crippen LogP contribution in [-0.4, -0.2) is 21.9 Å². The Labute approximate surface area is 209 Å². The number of halogens is 1. The SMILES string of the molecule is CCCCCCCCCCC#Cc1ccc(CN(C(=O)C(=O)O)C(CC)c2ccc(F)cc2)cc1. The molecule has 2 aromatic carbocycles. The van der Waals surface area contributed by atoms with E-state index in [1.807, 2.05) is 31.2 Å². The van der Waals surface area contributed by atoms with Crippen molar-refractivity contribution in [3.8, 4) is 11.8 Å². The zero-order chi connectivity index (χ0) is 25.5. The molecule has 4 nitrogen and oxygen atoms in total. The predicted octanol–water partition coefficient (Wildman–Crippen LogP) is 7.27. The van der Waals surface area contributed by atoms with Crippen molar-refractivity contribution in [2.24, 2.45) is 0 Å². The van der Waals surface area contributed by atoms with Crippen LogP contribution >= 0.6 is 0 Å². The van der Waals surface area contributed by atoms with Crippen LogP contribution in [0.25, 0.3) is 0 Å². The van der Waals surface area contributed by atoms with Gasteiger partial charge in [-0.25, -0.2) is 9.18 Å². The van der Waals surface area contributed by atoms with Gasteiger partial charge in [0.1, 0.15) is 5.82 Å². The van der Waals surface area contributed by atoms with Gasteiger partial charge in [0.25, 0.3) is 0 Å². The highest BCUT2D eigenvalue weighted by atomic mass is 19.1. The molecule has 0 aliphatic heterocycles. The van der Waals surface area contributed by atoms with Crippen molar-refractivity contribution >= 4 is 11.9 Å². The van der Waals surface area contributed by atoms with Gasteiger partial charge in [-0.1, -0.05) is 94.9 Å². The highest BCUT2D eigenvalue weighted by molar-refractivity contribution is 6.31. The number of benzene rings is 2. The lowest BCUT2D eigenvalue weighted by Gasteiger charge is -2.30. The molecule has 188 valence electrons. The number of carboxylic acid groups (broad SMARTS) is 1. The van der Waals surface area contributed by atoms with Gasteiger partial charge in [-0.3, -0.25) is 4.79 Å². The van der Waals surface area contributed by atoms with Crippen molar-refractivity contribution in [2.75, 3.05) is 0 Å².